The maximum atomic E-state index is 5.51. The van der Waals surface area contributed by atoms with Gasteiger partial charge in [0.2, 0.25) is 0 Å². The normalized spacial score (nSPS) is 18.1. The molecule has 24 heavy (non-hydrogen) atoms. The number of aromatic nitrogens is 3. The summed E-state index contributed by atoms with van der Waals surface area (Å²) in [5.74, 6) is 1.99. The van der Waals surface area contributed by atoms with Crippen molar-refractivity contribution < 1.29 is 4.42 Å². The van der Waals surface area contributed by atoms with Crippen molar-refractivity contribution in [3.63, 3.8) is 0 Å². The molecule has 0 aliphatic carbocycles. The first kappa shape index (κ1) is 14.9. The number of piperidine rings is 1. The molecule has 1 unspecified atom stereocenters. The number of hydrogen-bond acceptors (Lipinski definition) is 6. The Labute approximate surface area is 141 Å². The fraction of sp³-hybridized carbons (Fsp3) is 0.389. The molecule has 0 bridgehead atoms. The number of fused-ring (bicyclic) bond motifs is 1. The number of furan rings is 1. The van der Waals surface area contributed by atoms with Gasteiger partial charge in [-0.25, -0.2) is 15.0 Å². The number of hydrogen-bond donors (Lipinski definition) is 0. The summed E-state index contributed by atoms with van der Waals surface area (Å²) < 4.78 is 5.51. The van der Waals surface area contributed by atoms with E-state index in [1.165, 1.54) is 0 Å². The van der Waals surface area contributed by atoms with E-state index in [0.717, 1.165) is 54.2 Å². The Kier molecular flexibility index (Phi) is 3.80. The predicted molar refractivity (Wildman–Crippen MR) is 94.4 cm³/mol. The summed E-state index contributed by atoms with van der Waals surface area (Å²) in [5.41, 5.74) is 1.88. The van der Waals surface area contributed by atoms with Crippen LogP contribution in [0.4, 0.5) is 11.6 Å². The highest BCUT2D eigenvalue weighted by atomic mass is 16.3. The zero-order valence-corrected chi connectivity index (χ0v) is 14.0. The molecule has 3 aromatic heterocycles. The van der Waals surface area contributed by atoms with Crippen molar-refractivity contribution in [3.8, 4) is 0 Å². The van der Waals surface area contributed by atoms with Gasteiger partial charge in [-0.15, -0.1) is 0 Å². The minimum Gasteiger partial charge on any atom is -0.464 e. The van der Waals surface area contributed by atoms with E-state index in [9.17, 15) is 0 Å². The molecule has 124 valence electrons. The largest absolute Gasteiger partial charge is 0.464 e. The lowest BCUT2D eigenvalue weighted by Crippen LogP contribution is -2.47. The maximum Gasteiger partial charge on any atom is 0.139 e. The lowest BCUT2D eigenvalue weighted by molar-refractivity contribution is 0.484. The SMILES string of the molecule is Cc1cc(N(C)C2CCCN(c3nccc4occc34)C2)ncn1. The fourth-order valence-corrected chi connectivity index (χ4v) is 3.42. The average molecular weight is 323 g/mol. The Hall–Kier alpha value is -2.63. The third-order valence-electron chi connectivity index (χ3n) is 4.75. The van der Waals surface area contributed by atoms with Gasteiger partial charge < -0.3 is 14.2 Å². The number of pyridine rings is 1. The van der Waals surface area contributed by atoms with E-state index in [0.29, 0.717) is 6.04 Å². The summed E-state index contributed by atoms with van der Waals surface area (Å²) in [6.45, 7) is 3.94. The van der Waals surface area contributed by atoms with Crippen molar-refractivity contribution in [2.45, 2.75) is 25.8 Å². The van der Waals surface area contributed by atoms with Gasteiger partial charge in [-0.1, -0.05) is 0 Å². The second kappa shape index (κ2) is 6.11. The summed E-state index contributed by atoms with van der Waals surface area (Å²) in [4.78, 5) is 17.8. The van der Waals surface area contributed by atoms with Crippen molar-refractivity contribution in [3.05, 3.63) is 42.7 Å². The third kappa shape index (κ3) is 2.68. The van der Waals surface area contributed by atoms with E-state index < -0.39 is 0 Å². The molecule has 4 heterocycles. The van der Waals surface area contributed by atoms with Crippen LogP contribution in [-0.4, -0.2) is 41.1 Å². The molecule has 0 spiro atoms. The molecule has 1 fully saturated rings. The Bertz CT molecular complexity index is 846. The molecule has 4 rings (SSSR count). The summed E-state index contributed by atoms with van der Waals surface area (Å²) in [7, 11) is 2.11. The van der Waals surface area contributed by atoms with E-state index in [2.05, 4.69) is 31.8 Å². The van der Waals surface area contributed by atoms with E-state index in [-0.39, 0.29) is 0 Å². The van der Waals surface area contributed by atoms with Crippen molar-refractivity contribution >= 4 is 22.6 Å². The van der Waals surface area contributed by atoms with Crippen LogP contribution in [0, 0.1) is 6.92 Å². The van der Waals surface area contributed by atoms with Crippen LogP contribution in [0.25, 0.3) is 11.0 Å². The highest BCUT2D eigenvalue weighted by Crippen LogP contribution is 2.29. The zero-order chi connectivity index (χ0) is 16.5. The molecule has 0 radical (unpaired) electrons. The first-order chi connectivity index (χ1) is 11.7. The van der Waals surface area contributed by atoms with Crippen LogP contribution in [0.2, 0.25) is 0 Å². The lowest BCUT2D eigenvalue weighted by Gasteiger charge is -2.38. The van der Waals surface area contributed by atoms with Crippen LogP contribution in [0.5, 0.6) is 0 Å². The maximum absolute atomic E-state index is 5.51. The quantitative estimate of drug-likeness (QED) is 0.738. The van der Waals surface area contributed by atoms with Crippen molar-refractivity contribution in [1.82, 2.24) is 15.0 Å². The van der Waals surface area contributed by atoms with Gasteiger partial charge in [0.05, 0.1) is 11.6 Å². The summed E-state index contributed by atoms with van der Waals surface area (Å²) in [6.07, 6.45) is 7.47. The van der Waals surface area contributed by atoms with Crippen LogP contribution in [-0.2, 0) is 0 Å². The molecule has 1 aliphatic rings. The number of likely N-dealkylation sites (N-methyl/N-ethyl adjacent to an activating group) is 1. The molecular formula is C18H21N5O. The second-order valence-corrected chi connectivity index (χ2v) is 6.34. The summed E-state index contributed by atoms with van der Waals surface area (Å²) in [6, 6.07) is 6.35. The predicted octanol–water partition coefficient (Wildman–Crippen LogP) is 3.03. The summed E-state index contributed by atoms with van der Waals surface area (Å²) in [5, 5.41) is 1.08. The van der Waals surface area contributed by atoms with Gasteiger partial charge >= 0.3 is 0 Å². The van der Waals surface area contributed by atoms with E-state index in [1.807, 2.05) is 31.3 Å². The van der Waals surface area contributed by atoms with Crippen LogP contribution in [0.1, 0.15) is 18.5 Å². The fourth-order valence-electron chi connectivity index (χ4n) is 3.42. The molecule has 0 amide bonds. The lowest BCUT2D eigenvalue weighted by atomic mass is 10.0. The Morgan fingerprint density at radius 1 is 1.25 bits per heavy atom. The highest BCUT2D eigenvalue weighted by Gasteiger charge is 2.26. The van der Waals surface area contributed by atoms with Gasteiger partial charge in [-0.3, -0.25) is 0 Å². The molecule has 0 saturated carbocycles. The molecule has 6 heteroatoms. The monoisotopic (exact) mass is 323 g/mol. The minimum absolute atomic E-state index is 0.400. The van der Waals surface area contributed by atoms with Crippen molar-refractivity contribution in [1.29, 1.82) is 0 Å². The Balaban J connectivity index is 1.58. The average Bonchev–Trinajstić information content (AvgIpc) is 3.10. The standard InChI is InChI=1S/C18H21N5O/c1-13-10-17(21-12-20-13)22(2)14-4-3-8-23(11-14)18-15-6-9-24-16(15)5-7-19-18/h5-7,9-10,12,14H,3-4,8,11H2,1-2H3. The van der Waals surface area contributed by atoms with E-state index >= 15 is 0 Å². The van der Waals surface area contributed by atoms with Crippen molar-refractivity contribution in [2.75, 3.05) is 29.9 Å². The number of anilines is 2. The minimum atomic E-state index is 0.400. The van der Waals surface area contributed by atoms with Crippen LogP contribution in [0.3, 0.4) is 0 Å². The number of aryl methyl sites for hydroxylation is 1. The summed E-state index contributed by atoms with van der Waals surface area (Å²) >= 11 is 0. The van der Waals surface area contributed by atoms with Gasteiger partial charge in [0.15, 0.2) is 0 Å². The third-order valence-corrected chi connectivity index (χ3v) is 4.75. The van der Waals surface area contributed by atoms with Crippen molar-refractivity contribution in [2.24, 2.45) is 0 Å². The van der Waals surface area contributed by atoms with E-state index in [4.69, 9.17) is 4.42 Å². The molecule has 1 atom stereocenters. The Morgan fingerprint density at radius 2 is 2.17 bits per heavy atom. The van der Waals surface area contributed by atoms with Gasteiger partial charge in [-0.2, -0.15) is 0 Å². The zero-order valence-electron chi connectivity index (χ0n) is 14.0. The van der Waals surface area contributed by atoms with Gasteiger partial charge in [0.25, 0.3) is 0 Å². The smallest absolute Gasteiger partial charge is 0.139 e. The molecular weight excluding hydrogens is 302 g/mol. The molecule has 3 aromatic rings. The van der Waals surface area contributed by atoms with Gasteiger partial charge in [0.1, 0.15) is 23.5 Å². The van der Waals surface area contributed by atoms with E-state index in [1.54, 1.807) is 12.6 Å². The van der Waals surface area contributed by atoms with Crippen LogP contribution in [0.15, 0.2) is 41.4 Å². The number of rotatable bonds is 3. The highest BCUT2D eigenvalue weighted by molar-refractivity contribution is 5.88. The van der Waals surface area contributed by atoms with Crippen LogP contribution >= 0.6 is 0 Å². The molecule has 6 nitrogen and oxygen atoms in total. The first-order valence-electron chi connectivity index (χ1n) is 8.31. The molecule has 1 aliphatic heterocycles. The van der Waals surface area contributed by atoms with Crippen LogP contribution < -0.4 is 9.80 Å². The molecule has 0 aromatic carbocycles. The van der Waals surface area contributed by atoms with Gasteiger partial charge in [-0.05, 0) is 31.9 Å². The first-order valence-corrected chi connectivity index (χ1v) is 8.31. The second-order valence-electron chi connectivity index (χ2n) is 6.34. The van der Waals surface area contributed by atoms with Gasteiger partial charge in [0, 0.05) is 44.1 Å². The topological polar surface area (TPSA) is 58.3 Å². The molecule has 1 saturated heterocycles. The Morgan fingerprint density at radius 3 is 3.04 bits per heavy atom. The molecule has 0 N–H and O–H groups in total. The number of nitrogens with zero attached hydrogens (tertiary/aromatic N) is 5.